The van der Waals surface area contributed by atoms with Crippen LogP contribution in [0.2, 0.25) is 0 Å². The Morgan fingerprint density at radius 3 is 2.18 bits per heavy atom. The number of carbonyl (C=O) groups excluding carboxylic acids is 1. The Kier molecular flexibility index (Phi) is 7.32. The van der Waals surface area contributed by atoms with Gasteiger partial charge in [-0.1, -0.05) is 30.3 Å². The van der Waals surface area contributed by atoms with Gasteiger partial charge in [0.1, 0.15) is 6.61 Å². The van der Waals surface area contributed by atoms with Crippen LogP contribution in [0.5, 0.6) is 0 Å². The maximum Gasteiger partial charge on any atom is 0.476 e. The zero-order valence-electron chi connectivity index (χ0n) is 17.6. The number of amides is 1. The van der Waals surface area contributed by atoms with Gasteiger partial charge < -0.3 is 9.64 Å². The van der Waals surface area contributed by atoms with Gasteiger partial charge >= 0.3 is 13.9 Å². The Bertz CT molecular complexity index is 675. The summed E-state index contributed by atoms with van der Waals surface area (Å²) in [6.07, 6.45) is -0.330. The van der Waals surface area contributed by atoms with Crippen LogP contribution in [0.4, 0.5) is 4.79 Å². The minimum atomic E-state index is -3.81. The molecule has 1 fully saturated rings. The molecular weight excluding hydrogens is 381 g/mol. The van der Waals surface area contributed by atoms with Gasteiger partial charge in [-0.25, -0.2) is 9.36 Å². The van der Waals surface area contributed by atoms with Crippen LogP contribution in [-0.4, -0.2) is 41.4 Å². The molecule has 0 aliphatic carbocycles. The number of rotatable bonds is 6. The van der Waals surface area contributed by atoms with Gasteiger partial charge in [-0.3, -0.25) is 13.6 Å². The van der Waals surface area contributed by atoms with E-state index in [-0.39, 0.29) is 13.2 Å². The standard InChI is InChI=1S/C20H32NO6P/c1-19(2,3)26-28(23,27-20(4,5)6)25-17-12-13-21(14-17)18(22)24-15-16-10-8-7-9-11-16/h7-11,17H,12-15H2,1-6H3/t17-/m1/s1. The Morgan fingerprint density at radius 1 is 1.07 bits per heavy atom. The van der Waals surface area contributed by atoms with E-state index >= 15 is 0 Å². The highest BCUT2D eigenvalue weighted by molar-refractivity contribution is 7.48. The smallest absolute Gasteiger partial charge is 0.445 e. The van der Waals surface area contributed by atoms with Crippen LogP contribution in [0.25, 0.3) is 0 Å². The Hall–Kier alpha value is -1.40. The number of hydrogen-bond acceptors (Lipinski definition) is 6. The normalized spacial score (nSPS) is 18.4. The average molecular weight is 413 g/mol. The van der Waals surface area contributed by atoms with Crippen LogP contribution in [-0.2, 0) is 29.5 Å². The number of nitrogens with zero attached hydrogens (tertiary/aromatic N) is 1. The van der Waals surface area contributed by atoms with Crippen molar-refractivity contribution in [2.45, 2.75) is 71.9 Å². The summed E-state index contributed by atoms with van der Waals surface area (Å²) >= 11 is 0. The minimum Gasteiger partial charge on any atom is -0.445 e. The largest absolute Gasteiger partial charge is 0.476 e. The SMILES string of the molecule is CC(C)(C)OP(=O)(O[C@@H]1CCN(C(=O)OCc2ccccc2)C1)OC(C)(C)C. The van der Waals surface area contributed by atoms with E-state index in [4.69, 9.17) is 18.3 Å². The predicted octanol–water partition coefficient (Wildman–Crippen LogP) is 5.15. The summed E-state index contributed by atoms with van der Waals surface area (Å²) < 4.78 is 35.6. The molecule has 7 nitrogen and oxygen atoms in total. The molecule has 158 valence electrons. The molecule has 1 aromatic rings. The van der Waals surface area contributed by atoms with E-state index < -0.39 is 31.2 Å². The number of phosphoric ester groups is 1. The van der Waals surface area contributed by atoms with E-state index in [9.17, 15) is 9.36 Å². The van der Waals surface area contributed by atoms with Gasteiger partial charge in [-0.2, -0.15) is 0 Å². The molecule has 1 atom stereocenters. The van der Waals surface area contributed by atoms with Crippen LogP contribution >= 0.6 is 7.82 Å². The molecule has 1 aliphatic heterocycles. The highest BCUT2D eigenvalue weighted by atomic mass is 31.2. The molecule has 28 heavy (non-hydrogen) atoms. The van der Waals surface area contributed by atoms with Gasteiger partial charge in [-0.15, -0.1) is 0 Å². The molecule has 1 amide bonds. The fourth-order valence-electron chi connectivity index (χ4n) is 2.71. The van der Waals surface area contributed by atoms with Crippen molar-refractivity contribution in [3.8, 4) is 0 Å². The number of ether oxygens (including phenoxy) is 1. The van der Waals surface area contributed by atoms with Crippen LogP contribution in [0, 0.1) is 0 Å². The molecule has 8 heteroatoms. The molecule has 0 N–H and O–H groups in total. The van der Waals surface area contributed by atoms with Gasteiger partial charge in [0, 0.05) is 6.54 Å². The molecule has 0 aromatic heterocycles. The number of likely N-dealkylation sites (tertiary alicyclic amines) is 1. The number of phosphoric acid groups is 1. The zero-order chi connectivity index (χ0) is 21.0. The summed E-state index contributed by atoms with van der Waals surface area (Å²) in [4.78, 5) is 13.9. The summed E-state index contributed by atoms with van der Waals surface area (Å²) in [7, 11) is -3.81. The van der Waals surface area contributed by atoms with Crippen molar-refractivity contribution in [3.63, 3.8) is 0 Å². The lowest BCUT2D eigenvalue weighted by atomic mass is 10.2. The molecule has 1 aromatic carbocycles. The predicted molar refractivity (Wildman–Crippen MR) is 107 cm³/mol. The van der Waals surface area contributed by atoms with Crippen molar-refractivity contribution in [2.75, 3.05) is 13.1 Å². The molecular formula is C20H32NO6P. The lowest BCUT2D eigenvalue weighted by Gasteiger charge is -2.32. The van der Waals surface area contributed by atoms with E-state index in [1.165, 1.54) is 0 Å². The van der Waals surface area contributed by atoms with E-state index in [0.29, 0.717) is 13.0 Å². The van der Waals surface area contributed by atoms with Gasteiger partial charge in [0.25, 0.3) is 0 Å². The molecule has 1 aliphatic rings. The van der Waals surface area contributed by atoms with Crippen molar-refractivity contribution in [2.24, 2.45) is 0 Å². The first-order valence-electron chi connectivity index (χ1n) is 9.51. The van der Waals surface area contributed by atoms with Gasteiger partial charge in [0.15, 0.2) is 0 Å². The fraction of sp³-hybridized carbons (Fsp3) is 0.650. The second kappa shape index (κ2) is 8.95. The quantitative estimate of drug-likeness (QED) is 0.600. The van der Waals surface area contributed by atoms with Crippen LogP contribution < -0.4 is 0 Å². The average Bonchev–Trinajstić information content (AvgIpc) is 2.97. The third kappa shape index (κ3) is 7.92. The molecule has 0 radical (unpaired) electrons. The van der Waals surface area contributed by atoms with Crippen molar-refractivity contribution >= 4 is 13.9 Å². The highest BCUT2D eigenvalue weighted by Crippen LogP contribution is 2.56. The van der Waals surface area contributed by atoms with E-state index in [1.54, 1.807) is 46.4 Å². The molecule has 0 unspecified atom stereocenters. The maximum absolute atomic E-state index is 13.2. The molecule has 1 saturated heterocycles. The molecule has 0 bridgehead atoms. The van der Waals surface area contributed by atoms with Crippen molar-refractivity contribution in [1.29, 1.82) is 0 Å². The number of carbonyl (C=O) groups is 1. The maximum atomic E-state index is 13.2. The minimum absolute atomic E-state index is 0.209. The Labute approximate surface area is 167 Å². The summed E-state index contributed by atoms with van der Waals surface area (Å²) in [6.45, 7) is 11.7. The zero-order valence-corrected chi connectivity index (χ0v) is 18.5. The topological polar surface area (TPSA) is 74.3 Å². The van der Waals surface area contributed by atoms with E-state index in [1.807, 2.05) is 30.3 Å². The third-order valence-electron chi connectivity index (χ3n) is 3.66. The second-order valence-corrected chi connectivity index (χ2v) is 10.3. The molecule has 0 saturated carbocycles. The van der Waals surface area contributed by atoms with Gasteiger partial charge in [0.2, 0.25) is 0 Å². The molecule has 1 heterocycles. The van der Waals surface area contributed by atoms with Gasteiger partial charge in [0.05, 0.1) is 23.9 Å². The second-order valence-electron chi connectivity index (χ2n) is 8.86. The highest BCUT2D eigenvalue weighted by Gasteiger charge is 2.41. The lowest BCUT2D eigenvalue weighted by molar-refractivity contribution is -0.00955. The van der Waals surface area contributed by atoms with Crippen molar-refractivity contribution in [3.05, 3.63) is 35.9 Å². The first kappa shape index (κ1) is 22.9. The lowest BCUT2D eigenvalue weighted by Crippen LogP contribution is -2.31. The van der Waals surface area contributed by atoms with Crippen molar-refractivity contribution < 1.29 is 27.7 Å². The summed E-state index contributed by atoms with van der Waals surface area (Å²) in [6, 6.07) is 9.49. The number of benzene rings is 1. The first-order chi connectivity index (χ1) is 12.9. The first-order valence-corrected chi connectivity index (χ1v) is 11.0. The van der Waals surface area contributed by atoms with Gasteiger partial charge in [-0.05, 0) is 53.5 Å². The fourth-order valence-corrected chi connectivity index (χ4v) is 4.71. The Balaban J connectivity index is 1.93. The monoisotopic (exact) mass is 413 g/mol. The third-order valence-corrected chi connectivity index (χ3v) is 5.76. The van der Waals surface area contributed by atoms with Crippen LogP contribution in [0.15, 0.2) is 30.3 Å². The summed E-state index contributed by atoms with van der Waals surface area (Å²) in [5.41, 5.74) is -0.481. The van der Waals surface area contributed by atoms with Crippen molar-refractivity contribution in [1.82, 2.24) is 4.90 Å². The van der Waals surface area contributed by atoms with E-state index in [2.05, 4.69) is 0 Å². The number of hydrogen-bond donors (Lipinski definition) is 0. The van der Waals surface area contributed by atoms with Crippen LogP contribution in [0.3, 0.4) is 0 Å². The summed E-state index contributed by atoms with van der Waals surface area (Å²) in [5.74, 6) is 0. The molecule has 0 spiro atoms. The molecule has 2 rings (SSSR count). The summed E-state index contributed by atoms with van der Waals surface area (Å²) in [5, 5.41) is 0. The van der Waals surface area contributed by atoms with Crippen LogP contribution in [0.1, 0.15) is 53.5 Å². The Morgan fingerprint density at radius 2 is 1.64 bits per heavy atom. The van der Waals surface area contributed by atoms with E-state index in [0.717, 1.165) is 5.56 Å².